The minimum absolute atomic E-state index is 0.101. The Morgan fingerprint density at radius 3 is 2.17 bits per heavy atom. The van der Waals surface area contributed by atoms with E-state index in [1.165, 1.54) is 18.9 Å². The van der Waals surface area contributed by atoms with Crippen LogP contribution in [0, 0.1) is 17.8 Å². The highest BCUT2D eigenvalue weighted by Crippen LogP contribution is 2.40. The number of methoxy groups -OCH3 is 1. The lowest BCUT2D eigenvalue weighted by Gasteiger charge is -2.48. The van der Waals surface area contributed by atoms with Crippen molar-refractivity contribution in [2.45, 2.75) is 185 Å². The quantitative estimate of drug-likeness (QED) is 0.176. The van der Waals surface area contributed by atoms with Crippen LogP contribution < -0.4 is 0 Å². The molecule has 5 N–H and O–H groups in total. The summed E-state index contributed by atoms with van der Waals surface area (Å²) in [5.41, 5.74) is -4.50. The predicted molar refractivity (Wildman–Crippen MR) is 194 cm³/mol. The van der Waals surface area contributed by atoms with Gasteiger partial charge in [0, 0.05) is 39.1 Å². The van der Waals surface area contributed by atoms with E-state index >= 15 is 0 Å². The number of cyclic esters (lactones) is 1. The first-order valence-corrected chi connectivity index (χ1v) is 19.2. The van der Waals surface area contributed by atoms with E-state index in [1.54, 1.807) is 55.5 Å². The number of amides is 1. The Labute approximate surface area is 316 Å². The molecule has 0 spiro atoms. The van der Waals surface area contributed by atoms with Crippen molar-refractivity contribution >= 4 is 12.4 Å². The topological polar surface area (TPSA) is 197 Å². The lowest BCUT2D eigenvalue weighted by Crippen LogP contribution is -2.60. The Morgan fingerprint density at radius 1 is 0.981 bits per heavy atom. The molecule has 0 saturated carbocycles. The van der Waals surface area contributed by atoms with Crippen LogP contribution in [0.1, 0.15) is 94.9 Å². The molecule has 3 fully saturated rings. The van der Waals surface area contributed by atoms with Gasteiger partial charge in [-0.3, -0.25) is 9.59 Å². The third-order valence-corrected chi connectivity index (χ3v) is 12.2. The largest absolute Gasteiger partial charge is 0.459 e. The summed E-state index contributed by atoms with van der Waals surface area (Å²) >= 11 is 0. The van der Waals surface area contributed by atoms with Crippen LogP contribution in [0.4, 0.5) is 0 Å². The van der Waals surface area contributed by atoms with Crippen molar-refractivity contribution in [3.05, 3.63) is 0 Å². The predicted octanol–water partition coefficient (Wildman–Crippen LogP) is 1.43. The van der Waals surface area contributed by atoms with Gasteiger partial charge >= 0.3 is 5.97 Å². The van der Waals surface area contributed by atoms with Gasteiger partial charge in [0.05, 0.1) is 47.6 Å². The molecule has 18 atom stereocenters. The molecule has 15 nitrogen and oxygen atoms in total. The fraction of sp³-hybridized carbons (Fsp3) is 0.947. The Bertz CT molecular complexity index is 1190. The van der Waals surface area contributed by atoms with Crippen molar-refractivity contribution in [2.24, 2.45) is 17.8 Å². The molecule has 0 aromatic heterocycles. The molecule has 0 bridgehead atoms. The fourth-order valence-corrected chi connectivity index (χ4v) is 8.71. The maximum absolute atomic E-state index is 14.2. The van der Waals surface area contributed by atoms with Crippen LogP contribution in [0.2, 0.25) is 0 Å². The molecule has 3 aliphatic rings. The normalized spacial score (nSPS) is 48.6. The molecule has 0 aromatic carbocycles. The summed E-state index contributed by atoms with van der Waals surface area (Å²) in [7, 11) is 4.88. The number of carbonyl (C=O) groups excluding carboxylic acids is 2. The number of likely N-dealkylation sites (N-methyl/N-ethyl adjacent to an activating group) is 2. The van der Waals surface area contributed by atoms with Crippen LogP contribution in [0.3, 0.4) is 0 Å². The van der Waals surface area contributed by atoms with Crippen molar-refractivity contribution in [3.63, 3.8) is 0 Å². The first kappa shape index (κ1) is 45.9. The molecule has 15 heteroatoms. The number of esters is 1. The van der Waals surface area contributed by atoms with Gasteiger partial charge in [-0.25, -0.2) is 0 Å². The van der Waals surface area contributed by atoms with Crippen molar-refractivity contribution in [1.82, 2.24) is 9.80 Å². The molecule has 3 saturated heterocycles. The van der Waals surface area contributed by atoms with Crippen LogP contribution in [-0.2, 0) is 38.0 Å². The molecule has 310 valence electrons. The number of hydrogen-bond acceptors (Lipinski definition) is 14. The first-order chi connectivity index (χ1) is 24.4. The van der Waals surface area contributed by atoms with E-state index in [2.05, 4.69) is 0 Å². The van der Waals surface area contributed by atoms with Crippen LogP contribution in [0.25, 0.3) is 0 Å². The second-order valence-corrected chi connectivity index (χ2v) is 17.0. The lowest BCUT2D eigenvalue weighted by atomic mass is 9.77. The van der Waals surface area contributed by atoms with E-state index < -0.39 is 108 Å². The van der Waals surface area contributed by atoms with E-state index in [0.717, 1.165) is 0 Å². The molecule has 0 radical (unpaired) electrons. The van der Waals surface area contributed by atoms with Crippen LogP contribution in [0.15, 0.2) is 0 Å². The average molecular weight is 763 g/mol. The number of carbonyl (C=O) groups is 2. The van der Waals surface area contributed by atoms with Crippen molar-refractivity contribution in [1.29, 1.82) is 0 Å². The number of ether oxygens (including phenoxy) is 6. The second-order valence-electron chi connectivity index (χ2n) is 17.0. The standard InChI is InChI=1S/C38H70N2O13/c1-14-27-38(10,47)31(43)24(6)39(11)18-20(2)16-36(8,46)33(53-35-29(42)26(40(12)19-41)15-21(3)49-35)22(4)30(23(5)34(45)51-27)52-28-17-37(9,48-13)32(44)25(7)50-28/h19-33,35,42-44,46-47H,14-18H2,1-13H3/t20-,21-,22+,23-,24-,25+,26+,27-,28+,29-,30+,31-,32+,33-,35+,36-,37-,38-/m1/s1. The Balaban J connectivity index is 2.18. The molecular formula is C38H70N2O13. The molecule has 3 rings (SSSR count). The molecule has 53 heavy (non-hydrogen) atoms. The zero-order valence-corrected chi connectivity index (χ0v) is 34.2. The molecule has 0 aromatic rings. The highest BCUT2D eigenvalue weighted by atomic mass is 16.7. The average Bonchev–Trinajstić information content (AvgIpc) is 3.09. The van der Waals surface area contributed by atoms with Crippen LogP contribution >= 0.6 is 0 Å². The van der Waals surface area contributed by atoms with E-state index in [4.69, 9.17) is 28.4 Å². The van der Waals surface area contributed by atoms with E-state index in [1.807, 2.05) is 25.8 Å². The molecule has 3 aliphatic heterocycles. The zero-order chi connectivity index (χ0) is 40.4. The monoisotopic (exact) mass is 762 g/mol. The molecule has 1 amide bonds. The number of hydrogen-bond donors (Lipinski definition) is 5. The SMILES string of the molecule is CC[C@H]1OC(=O)[C@H](C)[C@@H](O[C@H]2C[C@@](C)(OC)[C@@H](O)[C@H](C)O2)[C@H](C)[C@@H](O[C@@H]2O[C@H](C)C[C@H](N(C)C=O)[C@H]2O)[C@](C)(O)C[C@@H](C)CN(C)[C@H](C)[C@@H](O)[C@]1(C)O. The fourth-order valence-electron chi connectivity index (χ4n) is 8.71. The number of aliphatic hydroxyl groups is 5. The Hall–Kier alpha value is -1.50. The van der Waals surface area contributed by atoms with Crippen molar-refractivity contribution in [3.8, 4) is 0 Å². The molecule has 0 aliphatic carbocycles. The van der Waals surface area contributed by atoms with Gasteiger partial charge < -0.3 is 63.8 Å². The maximum Gasteiger partial charge on any atom is 0.311 e. The van der Waals surface area contributed by atoms with Gasteiger partial charge in [0.15, 0.2) is 12.6 Å². The molecular weight excluding hydrogens is 692 g/mol. The minimum Gasteiger partial charge on any atom is -0.459 e. The highest BCUT2D eigenvalue weighted by molar-refractivity contribution is 5.73. The van der Waals surface area contributed by atoms with Gasteiger partial charge in [0.2, 0.25) is 6.41 Å². The van der Waals surface area contributed by atoms with E-state index in [0.29, 0.717) is 19.4 Å². The lowest BCUT2D eigenvalue weighted by molar-refractivity contribution is -0.317. The van der Waals surface area contributed by atoms with Crippen molar-refractivity contribution in [2.75, 3.05) is 27.7 Å². The first-order valence-electron chi connectivity index (χ1n) is 19.2. The number of rotatable bonds is 8. The van der Waals surface area contributed by atoms with Crippen LogP contribution in [0.5, 0.6) is 0 Å². The van der Waals surface area contributed by atoms with Gasteiger partial charge in [-0.2, -0.15) is 0 Å². The van der Waals surface area contributed by atoms with Gasteiger partial charge in [-0.15, -0.1) is 0 Å². The summed E-state index contributed by atoms with van der Waals surface area (Å²) in [4.78, 5) is 29.2. The minimum atomic E-state index is -1.82. The summed E-state index contributed by atoms with van der Waals surface area (Å²) in [6, 6.07) is -1.19. The maximum atomic E-state index is 14.2. The summed E-state index contributed by atoms with van der Waals surface area (Å²) in [5, 5.41) is 58.1. The second kappa shape index (κ2) is 18.2. The van der Waals surface area contributed by atoms with Gasteiger partial charge in [0.1, 0.15) is 30.0 Å². The number of nitrogens with zero attached hydrogens (tertiary/aromatic N) is 2. The highest BCUT2D eigenvalue weighted by Gasteiger charge is 2.52. The summed E-state index contributed by atoms with van der Waals surface area (Å²) in [5.74, 6) is -2.78. The van der Waals surface area contributed by atoms with Crippen LogP contribution in [-0.4, -0.2) is 166 Å². The summed E-state index contributed by atoms with van der Waals surface area (Å²) in [6.07, 6.45) is -8.72. The molecule has 0 unspecified atom stereocenters. The van der Waals surface area contributed by atoms with Gasteiger partial charge in [-0.1, -0.05) is 20.8 Å². The smallest absolute Gasteiger partial charge is 0.311 e. The Morgan fingerprint density at radius 2 is 1.60 bits per heavy atom. The van der Waals surface area contributed by atoms with E-state index in [-0.39, 0.29) is 25.2 Å². The number of aliphatic hydroxyl groups excluding tert-OH is 3. The third-order valence-electron chi connectivity index (χ3n) is 12.2. The summed E-state index contributed by atoms with van der Waals surface area (Å²) < 4.78 is 37.3. The van der Waals surface area contributed by atoms with Crippen molar-refractivity contribution < 1.29 is 63.5 Å². The van der Waals surface area contributed by atoms with Gasteiger partial charge in [-0.05, 0) is 80.7 Å². The zero-order valence-electron chi connectivity index (χ0n) is 34.2. The third kappa shape index (κ3) is 10.3. The molecule has 3 heterocycles. The Kier molecular flexibility index (Phi) is 15.7. The van der Waals surface area contributed by atoms with E-state index in [9.17, 15) is 35.1 Å². The summed E-state index contributed by atoms with van der Waals surface area (Å²) in [6.45, 7) is 17.6. The van der Waals surface area contributed by atoms with Gasteiger partial charge in [0.25, 0.3) is 0 Å².